The molecule has 0 aromatic heterocycles. The summed E-state index contributed by atoms with van der Waals surface area (Å²) in [5.74, 6) is -0.686. The fraction of sp³-hybridized carbons (Fsp3) is 0.500. The van der Waals surface area contributed by atoms with Gasteiger partial charge in [-0.25, -0.2) is 4.79 Å². The van der Waals surface area contributed by atoms with Gasteiger partial charge in [-0.1, -0.05) is 43.4 Å². The molecule has 0 saturated heterocycles. The van der Waals surface area contributed by atoms with Crippen molar-refractivity contribution >= 4 is 29.2 Å². The second-order valence-electron chi connectivity index (χ2n) is 5.92. The monoisotopic (exact) mass is 307 g/mol. The van der Waals surface area contributed by atoms with Gasteiger partial charge in [-0.3, -0.25) is 9.69 Å². The highest BCUT2D eigenvalue weighted by atomic mass is 35.5. The second kappa shape index (κ2) is 5.68. The van der Waals surface area contributed by atoms with E-state index in [0.717, 1.165) is 31.2 Å². The van der Waals surface area contributed by atoms with E-state index in [4.69, 9.17) is 11.6 Å². The van der Waals surface area contributed by atoms with Crippen LogP contribution in [0.1, 0.15) is 37.7 Å². The first-order valence-electron chi connectivity index (χ1n) is 7.40. The van der Waals surface area contributed by atoms with Crippen molar-refractivity contribution in [2.75, 3.05) is 4.90 Å². The van der Waals surface area contributed by atoms with Crippen molar-refractivity contribution in [3.8, 4) is 0 Å². The SMILES string of the molecule is O=C(O)C(CC1CCCC1)N1C(=O)Cc2c(Cl)cccc21. The number of carboxylic acids is 1. The smallest absolute Gasteiger partial charge is 0.326 e. The fourth-order valence-electron chi connectivity index (χ4n) is 3.54. The Morgan fingerprint density at radius 3 is 2.76 bits per heavy atom. The first kappa shape index (κ1) is 14.4. The number of hydrogen-bond donors (Lipinski definition) is 1. The molecule has 5 heteroatoms. The summed E-state index contributed by atoms with van der Waals surface area (Å²) in [7, 11) is 0. The highest BCUT2D eigenvalue weighted by Crippen LogP contribution is 2.38. The molecule has 1 N–H and O–H groups in total. The first-order chi connectivity index (χ1) is 10.1. The molecule has 1 aliphatic carbocycles. The Morgan fingerprint density at radius 1 is 1.38 bits per heavy atom. The van der Waals surface area contributed by atoms with Crippen molar-refractivity contribution in [1.29, 1.82) is 0 Å². The minimum Gasteiger partial charge on any atom is -0.480 e. The molecule has 3 rings (SSSR count). The number of anilines is 1. The van der Waals surface area contributed by atoms with Crippen LogP contribution in [0.25, 0.3) is 0 Å². The highest BCUT2D eigenvalue weighted by molar-refractivity contribution is 6.32. The maximum absolute atomic E-state index is 12.3. The van der Waals surface area contributed by atoms with Crippen LogP contribution in [-0.2, 0) is 16.0 Å². The van der Waals surface area contributed by atoms with E-state index < -0.39 is 12.0 Å². The van der Waals surface area contributed by atoms with Crippen LogP contribution in [-0.4, -0.2) is 23.0 Å². The number of amides is 1. The number of aliphatic carboxylic acids is 1. The van der Waals surface area contributed by atoms with Gasteiger partial charge >= 0.3 is 5.97 Å². The van der Waals surface area contributed by atoms with Gasteiger partial charge in [0.1, 0.15) is 6.04 Å². The van der Waals surface area contributed by atoms with Crippen LogP contribution < -0.4 is 4.90 Å². The van der Waals surface area contributed by atoms with Crippen LogP contribution in [0.15, 0.2) is 18.2 Å². The van der Waals surface area contributed by atoms with Crippen molar-refractivity contribution in [3.05, 3.63) is 28.8 Å². The zero-order valence-electron chi connectivity index (χ0n) is 11.7. The molecule has 112 valence electrons. The summed E-state index contributed by atoms with van der Waals surface area (Å²) in [5.41, 5.74) is 1.42. The minimum atomic E-state index is -0.928. The predicted molar refractivity (Wildman–Crippen MR) is 80.6 cm³/mol. The Bertz CT molecular complexity index is 581. The first-order valence-corrected chi connectivity index (χ1v) is 7.78. The van der Waals surface area contributed by atoms with Crippen LogP contribution >= 0.6 is 11.6 Å². The molecule has 0 radical (unpaired) electrons. The van der Waals surface area contributed by atoms with Gasteiger partial charge in [-0.15, -0.1) is 0 Å². The van der Waals surface area contributed by atoms with Gasteiger partial charge in [0.2, 0.25) is 5.91 Å². The van der Waals surface area contributed by atoms with Gasteiger partial charge in [0.15, 0.2) is 0 Å². The number of benzene rings is 1. The Balaban J connectivity index is 1.91. The molecule has 1 aromatic rings. The third kappa shape index (κ3) is 2.64. The molecule has 1 unspecified atom stereocenters. The molecule has 0 spiro atoms. The van der Waals surface area contributed by atoms with Crippen LogP contribution in [0.5, 0.6) is 0 Å². The quantitative estimate of drug-likeness (QED) is 0.929. The van der Waals surface area contributed by atoms with E-state index in [-0.39, 0.29) is 12.3 Å². The number of carboxylic acid groups (broad SMARTS) is 1. The van der Waals surface area contributed by atoms with Crippen molar-refractivity contribution in [2.45, 2.75) is 44.6 Å². The lowest BCUT2D eigenvalue weighted by molar-refractivity contribution is -0.140. The molecule has 21 heavy (non-hydrogen) atoms. The number of carbonyl (C=O) groups excluding carboxylic acids is 1. The minimum absolute atomic E-state index is 0.163. The maximum Gasteiger partial charge on any atom is 0.326 e. The third-order valence-electron chi connectivity index (χ3n) is 4.58. The molecule has 1 amide bonds. The number of halogens is 1. The molecule has 4 nitrogen and oxygen atoms in total. The van der Waals surface area contributed by atoms with E-state index in [1.807, 2.05) is 0 Å². The Labute approximate surface area is 128 Å². The lowest BCUT2D eigenvalue weighted by atomic mass is 9.97. The van der Waals surface area contributed by atoms with Gasteiger partial charge in [-0.2, -0.15) is 0 Å². The van der Waals surface area contributed by atoms with Crippen molar-refractivity contribution in [3.63, 3.8) is 0 Å². The molecule has 1 atom stereocenters. The Kier molecular flexibility index (Phi) is 3.89. The number of fused-ring (bicyclic) bond motifs is 1. The topological polar surface area (TPSA) is 57.6 Å². The normalized spacial score (nSPS) is 19.9. The Hall–Kier alpha value is -1.55. The second-order valence-corrected chi connectivity index (χ2v) is 6.33. The highest BCUT2D eigenvalue weighted by Gasteiger charge is 2.39. The van der Waals surface area contributed by atoms with Gasteiger partial charge in [0.05, 0.1) is 6.42 Å². The van der Waals surface area contributed by atoms with Crippen LogP contribution in [0.4, 0.5) is 5.69 Å². The lowest BCUT2D eigenvalue weighted by Gasteiger charge is -2.27. The summed E-state index contributed by atoms with van der Waals surface area (Å²) >= 11 is 6.13. The van der Waals surface area contributed by atoms with E-state index in [1.165, 1.54) is 4.90 Å². The molecule has 1 saturated carbocycles. The van der Waals surface area contributed by atoms with E-state index in [1.54, 1.807) is 18.2 Å². The summed E-state index contributed by atoms with van der Waals surface area (Å²) < 4.78 is 0. The summed E-state index contributed by atoms with van der Waals surface area (Å²) in [5, 5.41) is 10.1. The number of nitrogens with zero attached hydrogens (tertiary/aromatic N) is 1. The summed E-state index contributed by atoms with van der Waals surface area (Å²) in [6.07, 6.45) is 5.18. The van der Waals surface area contributed by atoms with Crippen molar-refractivity contribution in [1.82, 2.24) is 0 Å². The third-order valence-corrected chi connectivity index (χ3v) is 4.93. The molecule has 1 fully saturated rings. The number of hydrogen-bond acceptors (Lipinski definition) is 2. The predicted octanol–water partition coefficient (Wildman–Crippen LogP) is 3.26. The number of carbonyl (C=O) groups is 2. The summed E-state index contributed by atoms with van der Waals surface area (Å²) in [4.78, 5) is 25.4. The maximum atomic E-state index is 12.3. The van der Waals surface area contributed by atoms with E-state index in [9.17, 15) is 14.7 Å². The lowest BCUT2D eigenvalue weighted by Crippen LogP contribution is -2.44. The number of rotatable bonds is 4. The van der Waals surface area contributed by atoms with Gasteiger partial charge in [-0.05, 0) is 24.5 Å². The van der Waals surface area contributed by atoms with E-state index >= 15 is 0 Å². The van der Waals surface area contributed by atoms with Crippen molar-refractivity contribution < 1.29 is 14.7 Å². The fourth-order valence-corrected chi connectivity index (χ4v) is 3.78. The van der Waals surface area contributed by atoms with Crippen LogP contribution in [0.3, 0.4) is 0 Å². The zero-order valence-corrected chi connectivity index (χ0v) is 12.5. The van der Waals surface area contributed by atoms with Gasteiger partial charge in [0, 0.05) is 16.3 Å². The molecule has 1 aromatic carbocycles. The molecule has 1 heterocycles. The van der Waals surface area contributed by atoms with Crippen LogP contribution in [0, 0.1) is 5.92 Å². The molecular weight excluding hydrogens is 290 g/mol. The molecule has 1 aliphatic heterocycles. The van der Waals surface area contributed by atoms with E-state index in [0.29, 0.717) is 23.0 Å². The van der Waals surface area contributed by atoms with Crippen LogP contribution in [0.2, 0.25) is 5.02 Å². The Morgan fingerprint density at radius 2 is 2.10 bits per heavy atom. The van der Waals surface area contributed by atoms with Gasteiger partial charge in [0.25, 0.3) is 0 Å². The average Bonchev–Trinajstić information content (AvgIpc) is 3.04. The van der Waals surface area contributed by atoms with Crippen molar-refractivity contribution in [2.24, 2.45) is 5.92 Å². The molecule has 2 aliphatic rings. The van der Waals surface area contributed by atoms with E-state index in [2.05, 4.69) is 0 Å². The van der Waals surface area contributed by atoms with Gasteiger partial charge < -0.3 is 5.11 Å². The standard InChI is InChI=1S/C16H18ClNO3/c17-12-6-3-7-13-11(12)9-15(19)18(13)14(16(20)21)8-10-4-1-2-5-10/h3,6-7,10,14H,1-2,4-5,8-9H2,(H,20,21). The summed E-state index contributed by atoms with van der Waals surface area (Å²) in [6, 6.07) is 4.52. The molecule has 0 bridgehead atoms. The largest absolute Gasteiger partial charge is 0.480 e. The average molecular weight is 308 g/mol. The zero-order chi connectivity index (χ0) is 15.0. The summed E-state index contributed by atoms with van der Waals surface area (Å²) in [6.45, 7) is 0. The molecular formula is C16H18ClNO3.